The molecule has 1 fully saturated rings. The first-order valence-corrected chi connectivity index (χ1v) is 5.90. The number of nitrogens with two attached hydrogens (primary N) is 1. The Morgan fingerprint density at radius 3 is 2.81 bits per heavy atom. The molecule has 0 radical (unpaired) electrons. The molecule has 0 heterocycles. The molecular weight excluding hydrogens is 202 g/mol. The van der Waals surface area contributed by atoms with Crippen LogP contribution in [0.5, 0.6) is 5.75 Å². The van der Waals surface area contributed by atoms with Gasteiger partial charge in [-0.1, -0.05) is 18.9 Å². The first-order valence-electron chi connectivity index (χ1n) is 5.90. The number of hydrogen-bond donors (Lipinski definition) is 1. The predicted molar refractivity (Wildman–Crippen MR) is 64.5 cm³/mol. The topological polar surface area (TPSA) is 44.5 Å². The molecule has 2 rings (SSSR count). The first kappa shape index (κ1) is 11.3. The molecule has 0 saturated heterocycles. The molecule has 0 spiro atoms. The third-order valence-corrected chi connectivity index (χ3v) is 2.72. The van der Waals surface area contributed by atoms with Crippen molar-refractivity contribution in [2.45, 2.75) is 19.3 Å². The Labute approximate surface area is 96.5 Å². The van der Waals surface area contributed by atoms with E-state index in [2.05, 4.69) is 0 Å². The maximum absolute atomic E-state index is 5.64. The minimum Gasteiger partial charge on any atom is -0.491 e. The average molecular weight is 221 g/mol. The number of nitrogen functional groups attached to an aromatic ring is 1. The zero-order valence-electron chi connectivity index (χ0n) is 9.52. The summed E-state index contributed by atoms with van der Waals surface area (Å²) in [6.45, 7) is 2.11. The zero-order valence-corrected chi connectivity index (χ0v) is 9.52. The smallest absolute Gasteiger partial charge is 0.121 e. The minimum atomic E-state index is 0.591. The fourth-order valence-electron chi connectivity index (χ4n) is 1.58. The second kappa shape index (κ2) is 5.75. The van der Waals surface area contributed by atoms with Crippen LogP contribution in [0.1, 0.15) is 19.3 Å². The highest BCUT2D eigenvalue weighted by atomic mass is 16.5. The summed E-state index contributed by atoms with van der Waals surface area (Å²) in [5.41, 5.74) is 6.37. The van der Waals surface area contributed by atoms with E-state index in [1.807, 2.05) is 24.3 Å². The van der Waals surface area contributed by atoms with E-state index in [9.17, 15) is 0 Å². The Balaban J connectivity index is 1.53. The van der Waals surface area contributed by atoms with Crippen molar-refractivity contribution in [3.05, 3.63) is 24.3 Å². The molecule has 0 unspecified atom stereocenters. The molecule has 0 aromatic heterocycles. The normalized spacial score (nSPS) is 15.0. The summed E-state index contributed by atoms with van der Waals surface area (Å²) < 4.78 is 11.0. The van der Waals surface area contributed by atoms with Gasteiger partial charge in [0.1, 0.15) is 12.4 Å². The molecule has 0 atom stereocenters. The number of rotatable bonds is 7. The fourth-order valence-corrected chi connectivity index (χ4v) is 1.58. The van der Waals surface area contributed by atoms with Crippen LogP contribution >= 0.6 is 0 Å². The highest BCUT2D eigenvalue weighted by molar-refractivity contribution is 5.43. The van der Waals surface area contributed by atoms with Gasteiger partial charge in [0.2, 0.25) is 0 Å². The number of anilines is 1. The van der Waals surface area contributed by atoms with Gasteiger partial charge in [0.15, 0.2) is 0 Å². The highest BCUT2D eigenvalue weighted by Gasteiger charge is 2.20. The van der Waals surface area contributed by atoms with E-state index in [0.717, 1.165) is 24.0 Å². The summed E-state index contributed by atoms with van der Waals surface area (Å²) in [6, 6.07) is 7.46. The van der Waals surface area contributed by atoms with Crippen LogP contribution in [0.2, 0.25) is 0 Å². The summed E-state index contributed by atoms with van der Waals surface area (Å²) in [6.07, 6.45) is 3.99. The van der Waals surface area contributed by atoms with E-state index in [0.29, 0.717) is 13.2 Å². The van der Waals surface area contributed by atoms with Crippen LogP contribution in [0.3, 0.4) is 0 Å². The fraction of sp³-hybridized carbons (Fsp3) is 0.538. The maximum Gasteiger partial charge on any atom is 0.121 e. The van der Waals surface area contributed by atoms with E-state index in [-0.39, 0.29) is 0 Å². The van der Waals surface area contributed by atoms with Gasteiger partial charge < -0.3 is 15.2 Å². The molecule has 1 aromatic rings. The highest BCUT2D eigenvalue weighted by Crippen LogP contribution is 2.32. The Hall–Kier alpha value is -1.22. The molecule has 0 aliphatic heterocycles. The van der Waals surface area contributed by atoms with Crippen molar-refractivity contribution in [2.24, 2.45) is 5.92 Å². The van der Waals surface area contributed by atoms with Gasteiger partial charge >= 0.3 is 0 Å². The summed E-state index contributed by atoms with van der Waals surface area (Å²) in [5, 5.41) is 0. The van der Waals surface area contributed by atoms with Crippen LogP contribution in [0.4, 0.5) is 5.69 Å². The molecule has 1 aliphatic carbocycles. The van der Waals surface area contributed by atoms with Gasteiger partial charge in [-0.15, -0.1) is 0 Å². The largest absolute Gasteiger partial charge is 0.491 e. The van der Waals surface area contributed by atoms with Gasteiger partial charge in [0.25, 0.3) is 0 Å². The molecule has 0 bridgehead atoms. The van der Waals surface area contributed by atoms with Gasteiger partial charge in [-0.2, -0.15) is 0 Å². The average Bonchev–Trinajstić information content (AvgIpc) is 3.07. The van der Waals surface area contributed by atoms with Crippen molar-refractivity contribution in [3.63, 3.8) is 0 Å². The van der Waals surface area contributed by atoms with Gasteiger partial charge in [-0.3, -0.25) is 0 Å². The molecule has 1 aliphatic rings. The van der Waals surface area contributed by atoms with Crippen LogP contribution in [-0.2, 0) is 4.74 Å². The number of hydrogen-bond acceptors (Lipinski definition) is 3. The lowest BCUT2D eigenvalue weighted by molar-refractivity contribution is 0.0958. The van der Waals surface area contributed by atoms with Gasteiger partial charge in [0, 0.05) is 18.4 Å². The maximum atomic E-state index is 5.64. The Bertz CT molecular complexity index is 323. The second-order valence-electron chi connectivity index (χ2n) is 4.27. The van der Waals surface area contributed by atoms with Crippen molar-refractivity contribution in [1.29, 1.82) is 0 Å². The number of benzene rings is 1. The molecule has 2 N–H and O–H groups in total. The summed E-state index contributed by atoms with van der Waals surface area (Å²) in [5.74, 6) is 1.75. The Kier molecular flexibility index (Phi) is 4.05. The van der Waals surface area contributed by atoms with Crippen LogP contribution in [0, 0.1) is 5.92 Å². The van der Waals surface area contributed by atoms with Crippen LogP contribution < -0.4 is 10.5 Å². The summed E-state index contributed by atoms with van der Waals surface area (Å²) >= 11 is 0. The third kappa shape index (κ3) is 4.11. The standard InChI is InChI=1S/C13H19NO2/c14-12-2-1-3-13(10-12)16-9-8-15-7-6-11-4-5-11/h1-3,10-11H,4-9,14H2. The third-order valence-electron chi connectivity index (χ3n) is 2.72. The van der Waals surface area contributed by atoms with E-state index in [1.54, 1.807) is 0 Å². The van der Waals surface area contributed by atoms with Gasteiger partial charge in [-0.25, -0.2) is 0 Å². The van der Waals surface area contributed by atoms with Crippen molar-refractivity contribution in [1.82, 2.24) is 0 Å². The molecule has 1 saturated carbocycles. The lowest BCUT2D eigenvalue weighted by atomic mass is 10.3. The monoisotopic (exact) mass is 221 g/mol. The minimum absolute atomic E-state index is 0.591. The Morgan fingerprint density at radius 2 is 2.06 bits per heavy atom. The van der Waals surface area contributed by atoms with Crippen molar-refractivity contribution < 1.29 is 9.47 Å². The molecule has 0 amide bonds. The van der Waals surface area contributed by atoms with Crippen LogP contribution in [0.15, 0.2) is 24.3 Å². The molecule has 88 valence electrons. The van der Waals surface area contributed by atoms with E-state index in [1.165, 1.54) is 19.3 Å². The van der Waals surface area contributed by atoms with Crippen molar-refractivity contribution >= 4 is 5.69 Å². The van der Waals surface area contributed by atoms with E-state index >= 15 is 0 Å². The summed E-state index contributed by atoms with van der Waals surface area (Å²) in [7, 11) is 0. The molecule has 16 heavy (non-hydrogen) atoms. The molecule has 3 heteroatoms. The molecular formula is C13H19NO2. The quantitative estimate of drug-likeness (QED) is 0.568. The molecule has 3 nitrogen and oxygen atoms in total. The SMILES string of the molecule is Nc1cccc(OCCOCCC2CC2)c1. The zero-order chi connectivity index (χ0) is 11.2. The summed E-state index contributed by atoms with van der Waals surface area (Å²) in [4.78, 5) is 0. The van der Waals surface area contributed by atoms with E-state index < -0.39 is 0 Å². The van der Waals surface area contributed by atoms with E-state index in [4.69, 9.17) is 15.2 Å². The van der Waals surface area contributed by atoms with Gasteiger partial charge in [0.05, 0.1) is 6.61 Å². The molecule has 1 aromatic carbocycles. The van der Waals surface area contributed by atoms with Crippen molar-refractivity contribution in [2.75, 3.05) is 25.6 Å². The number of ether oxygens (including phenoxy) is 2. The predicted octanol–water partition coefficient (Wildman–Crippen LogP) is 2.46. The first-order chi connectivity index (χ1) is 7.84. The van der Waals surface area contributed by atoms with Crippen molar-refractivity contribution in [3.8, 4) is 5.75 Å². The lowest BCUT2D eigenvalue weighted by Gasteiger charge is -2.07. The van der Waals surface area contributed by atoms with Crippen LogP contribution in [-0.4, -0.2) is 19.8 Å². The Morgan fingerprint density at radius 1 is 1.19 bits per heavy atom. The van der Waals surface area contributed by atoms with Gasteiger partial charge in [-0.05, 0) is 24.5 Å². The van der Waals surface area contributed by atoms with Crippen LogP contribution in [0.25, 0.3) is 0 Å². The second-order valence-corrected chi connectivity index (χ2v) is 4.27. The lowest BCUT2D eigenvalue weighted by Crippen LogP contribution is -2.07.